The summed E-state index contributed by atoms with van der Waals surface area (Å²) in [4.78, 5) is 0.353. The molecular formula is C13H18ClNO2S. The van der Waals surface area contributed by atoms with Crippen molar-refractivity contribution in [1.29, 1.82) is 0 Å². The molecule has 0 N–H and O–H groups in total. The van der Waals surface area contributed by atoms with Crippen LogP contribution in [0, 0.1) is 0 Å². The van der Waals surface area contributed by atoms with Crippen LogP contribution in [0.4, 0.5) is 0 Å². The molecule has 5 heteroatoms. The highest BCUT2D eigenvalue weighted by atomic mass is 35.5. The van der Waals surface area contributed by atoms with Crippen LogP contribution in [0.5, 0.6) is 0 Å². The Hall–Kier alpha value is -0.580. The van der Waals surface area contributed by atoms with Crippen molar-refractivity contribution in [1.82, 2.24) is 4.31 Å². The molecule has 1 aromatic carbocycles. The van der Waals surface area contributed by atoms with Gasteiger partial charge in [0.2, 0.25) is 10.0 Å². The molecule has 0 unspecified atom stereocenters. The van der Waals surface area contributed by atoms with Crippen LogP contribution in [0.1, 0.15) is 31.2 Å². The fraction of sp³-hybridized carbons (Fsp3) is 0.538. The third kappa shape index (κ3) is 2.71. The van der Waals surface area contributed by atoms with Gasteiger partial charge in [-0.3, -0.25) is 0 Å². The van der Waals surface area contributed by atoms with E-state index in [2.05, 4.69) is 0 Å². The van der Waals surface area contributed by atoms with Crippen LogP contribution in [0.25, 0.3) is 0 Å². The van der Waals surface area contributed by atoms with Gasteiger partial charge in [-0.1, -0.05) is 25.0 Å². The van der Waals surface area contributed by atoms with Gasteiger partial charge in [0.1, 0.15) is 0 Å². The third-order valence-electron chi connectivity index (χ3n) is 3.59. The summed E-state index contributed by atoms with van der Waals surface area (Å²) in [7, 11) is -1.68. The van der Waals surface area contributed by atoms with Crippen LogP contribution >= 0.6 is 11.6 Å². The third-order valence-corrected chi connectivity index (χ3v) is 5.83. The number of hydrogen-bond acceptors (Lipinski definition) is 2. The van der Waals surface area contributed by atoms with Gasteiger partial charge in [0.05, 0.1) is 4.90 Å². The van der Waals surface area contributed by atoms with Crippen molar-refractivity contribution in [2.75, 3.05) is 7.05 Å². The molecule has 0 aromatic heterocycles. The largest absolute Gasteiger partial charge is 0.243 e. The summed E-state index contributed by atoms with van der Waals surface area (Å²) in [5.74, 6) is 0.402. The standard InChI is InChI=1S/C13H18ClNO2S/c1-15(12-4-2-3-5-12)18(16,17)13-8-6-11(10-14)7-9-13/h6-9,12H,2-5,10H2,1H3. The summed E-state index contributed by atoms with van der Waals surface area (Å²) < 4.78 is 26.3. The van der Waals surface area contributed by atoms with E-state index >= 15 is 0 Å². The van der Waals surface area contributed by atoms with Gasteiger partial charge in [-0.25, -0.2) is 8.42 Å². The molecule has 1 saturated carbocycles. The van der Waals surface area contributed by atoms with Gasteiger partial charge in [-0.2, -0.15) is 4.31 Å². The Morgan fingerprint density at radius 2 is 1.78 bits per heavy atom. The molecule has 0 bridgehead atoms. The minimum Gasteiger partial charge on any atom is -0.207 e. The molecule has 0 atom stereocenters. The van der Waals surface area contributed by atoms with Crippen LogP contribution in [0.3, 0.4) is 0 Å². The van der Waals surface area contributed by atoms with E-state index in [0.717, 1.165) is 31.2 Å². The van der Waals surface area contributed by atoms with Crippen LogP contribution in [0.15, 0.2) is 29.2 Å². The lowest BCUT2D eigenvalue weighted by atomic mass is 10.2. The van der Waals surface area contributed by atoms with Crippen molar-refractivity contribution in [3.63, 3.8) is 0 Å². The van der Waals surface area contributed by atoms with E-state index in [-0.39, 0.29) is 6.04 Å². The molecule has 3 nitrogen and oxygen atoms in total. The minimum atomic E-state index is -3.36. The summed E-state index contributed by atoms with van der Waals surface area (Å²) >= 11 is 5.70. The number of sulfonamides is 1. The molecular weight excluding hydrogens is 270 g/mol. The lowest BCUT2D eigenvalue weighted by Gasteiger charge is -2.23. The van der Waals surface area contributed by atoms with E-state index in [0.29, 0.717) is 10.8 Å². The maximum atomic E-state index is 12.4. The Morgan fingerprint density at radius 1 is 1.22 bits per heavy atom. The topological polar surface area (TPSA) is 37.4 Å². The summed E-state index contributed by atoms with van der Waals surface area (Å²) in [5.41, 5.74) is 0.930. The fourth-order valence-electron chi connectivity index (χ4n) is 2.38. The van der Waals surface area contributed by atoms with Crippen LogP contribution in [0.2, 0.25) is 0 Å². The number of nitrogens with zero attached hydrogens (tertiary/aromatic N) is 1. The summed E-state index contributed by atoms with van der Waals surface area (Å²) in [6.45, 7) is 0. The van der Waals surface area contributed by atoms with Gasteiger partial charge in [-0.15, -0.1) is 11.6 Å². The van der Waals surface area contributed by atoms with Crippen LogP contribution in [-0.2, 0) is 15.9 Å². The zero-order valence-corrected chi connectivity index (χ0v) is 12.0. The van der Waals surface area contributed by atoms with Gasteiger partial charge in [0.25, 0.3) is 0 Å². The Bertz CT molecular complexity index is 492. The van der Waals surface area contributed by atoms with E-state index in [4.69, 9.17) is 11.6 Å². The van der Waals surface area contributed by atoms with Gasteiger partial charge in [0.15, 0.2) is 0 Å². The Balaban J connectivity index is 2.23. The fourth-order valence-corrected chi connectivity index (χ4v) is 3.97. The quantitative estimate of drug-likeness (QED) is 0.799. The lowest BCUT2D eigenvalue weighted by Crippen LogP contribution is -2.35. The van der Waals surface area contributed by atoms with E-state index in [1.807, 2.05) is 0 Å². The Morgan fingerprint density at radius 3 is 2.28 bits per heavy atom. The number of hydrogen-bond donors (Lipinski definition) is 0. The van der Waals surface area contributed by atoms with E-state index < -0.39 is 10.0 Å². The van der Waals surface area contributed by atoms with Gasteiger partial charge in [-0.05, 0) is 30.5 Å². The number of benzene rings is 1. The van der Waals surface area contributed by atoms with Gasteiger partial charge >= 0.3 is 0 Å². The first-order chi connectivity index (χ1) is 8.55. The monoisotopic (exact) mass is 287 g/mol. The van der Waals surface area contributed by atoms with E-state index in [9.17, 15) is 8.42 Å². The first-order valence-electron chi connectivity index (χ1n) is 6.18. The number of rotatable bonds is 4. The molecule has 0 radical (unpaired) electrons. The smallest absolute Gasteiger partial charge is 0.207 e. The SMILES string of the molecule is CN(C1CCCC1)S(=O)(=O)c1ccc(CCl)cc1. The van der Waals surface area contributed by atoms with Crippen molar-refractivity contribution in [3.05, 3.63) is 29.8 Å². The number of alkyl halides is 1. The summed E-state index contributed by atoms with van der Waals surface area (Å²) in [6, 6.07) is 6.96. The molecule has 2 rings (SSSR count). The Kier molecular flexibility index (Phi) is 4.30. The molecule has 1 aliphatic rings. The zero-order valence-electron chi connectivity index (χ0n) is 10.5. The van der Waals surface area contributed by atoms with Crippen molar-refractivity contribution in [2.45, 2.75) is 42.5 Å². The Labute approximate surface area is 114 Å². The first kappa shape index (κ1) is 13.8. The van der Waals surface area contributed by atoms with Crippen LogP contribution in [-0.4, -0.2) is 25.8 Å². The second kappa shape index (κ2) is 5.59. The van der Waals surface area contributed by atoms with E-state index in [1.54, 1.807) is 31.3 Å². The highest BCUT2D eigenvalue weighted by Crippen LogP contribution is 2.27. The highest BCUT2D eigenvalue weighted by molar-refractivity contribution is 7.89. The van der Waals surface area contributed by atoms with Gasteiger partial charge in [0, 0.05) is 19.0 Å². The van der Waals surface area contributed by atoms with Crippen LogP contribution < -0.4 is 0 Å². The first-order valence-corrected chi connectivity index (χ1v) is 8.16. The molecule has 0 heterocycles. The lowest BCUT2D eigenvalue weighted by molar-refractivity contribution is 0.373. The minimum absolute atomic E-state index is 0.155. The molecule has 0 amide bonds. The summed E-state index contributed by atoms with van der Waals surface area (Å²) in [5, 5.41) is 0. The molecule has 1 fully saturated rings. The average molecular weight is 288 g/mol. The van der Waals surface area contributed by atoms with E-state index in [1.165, 1.54) is 4.31 Å². The molecule has 100 valence electrons. The molecule has 0 aliphatic heterocycles. The van der Waals surface area contributed by atoms with Crippen molar-refractivity contribution in [2.24, 2.45) is 0 Å². The molecule has 1 aromatic rings. The second-order valence-electron chi connectivity index (χ2n) is 4.74. The second-order valence-corrected chi connectivity index (χ2v) is 7.00. The molecule has 18 heavy (non-hydrogen) atoms. The van der Waals surface area contributed by atoms with Gasteiger partial charge < -0.3 is 0 Å². The predicted octanol–water partition coefficient (Wildman–Crippen LogP) is 2.99. The number of halogens is 1. The normalized spacial score (nSPS) is 17.5. The maximum Gasteiger partial charge on any atom is 0.243 e. The zero-order chi connectivity index (χ0) is 13.2. The van der Waals surface area contributed by atoms with Crippen molar-refractivity contribution >= 4 is 21.6 Å². The molecule has 0 spiro atoms. The predicted molar refractivity (Wildman–Crippen MR) is 73.2 cm³/mol. The summed E-state index contributed by atoms with van der Waals surface area (Å²) in [6.07, 6.45) is 4.18. The highest BCUT2D eigenvalue weighted by Gasteiger charge is 2.29. The molecule has 1 aliphatic carbocycles. The molecule has 0 saturated heterocycles. The van der Waals surface area contributed by atoms with Crippen molar-refractivity contribution in [3.8, 4) is 0 Å². The average Bonchev–Trinajstić information content (AvgIpc) is 2.91. The maximum absolute atomic E-state index is 12.4. The van der Waals surface area contributed by atoms with Crippen molar-refractivity contribution < 1.29 is 8.42 Å².